The number of likely N-dealkylation sites (N-methyl/N-ethyl adjacent to an activating group) is 2. The molecular formula is C21H38IN7O. The van der Waals surface area contributed by atoms with Crippen LogP contribution in [0.3, 0.4) is 0 Å². The molecule has 1 aromatic rings. The van der Waals surface area contributed by atoms with Crippen molar-refractivity contribution in [3.05, 3.63) is 18.0 Å². The first kappa shape index (κ1) is 24.9. The minimum absolute atomic E-state index is 0. The Kier molecular flexibility index (Phi) is 10.4. The van der Waals surface area contributed by atoms with Crippen LogP contribution in [0, 0.1) is 0 Å². The minimum atomic E-state index is 0. The van der Waals surface area contributed by atoms with Gasteiger partial charge in [-0.05, 0) is 44.8 Å². The third-order valence-electron chi connectivity index (χ3n) is 6.08. The predicted octanol–water partition coefficient (Wildman–Crippen LogP) is 2.22. The Morgan fingerprint density at radius 2 is 2.00 bits per heavy atom. The Morgan fingerprint density at radius 3 is 2.70 bits per heavy atom. The standard InChI is InChI=1S/C21H37N7O.HI/c1-4-27-12-7-10-19(27)15-23-21(24-16-20(29)26(2)3)22-14-17-11-13-28(25-17)18-8-5-6-9-18;/h11,13,18-19H,4-10,12,14-16H2,1-3H3,(H2,22,23,24);1H. The monoisotopic (exact) mass is 531 g/mol. The predicted molar refractivity (Wildman–Crippen MR) is 131 cm³/mol. The largest absolute Gasteiger partial charge is 0.355 e. The lowest BCUT2D eigenvalue weighted by Crippen LogP contribution is -2.47. The molecule has 9 heteroatoms. The van der Waals surface area contributed by atoms with E-state index < -0.39 is 0 Å². The van der Waals surface area contributed by atoms with Crippen LogP contribution in [0.1, 0.15) is 57.2 Å². The van der Waals surface area contributed by atoms with Crippen molar-refractivity contribution in [3.8, 4) is 0 Å². The second-order valence-corrected chi connectivity index (χ2v) is 8.34. The molecule has 1 amide bonds. The van der Waals surface area contributed by atoms with Gasteiger partial charge in [0.2, 0.25) is 5.91 Å². The van der Waals surface area contributed by atoms with Gasteiger partial charge in [-0.15, -0.1) is 24.0 Å². The van der Waals surface area contributed by atoms with Gasteiger partial charge in [0.25, 0.3) is 0 Å². The highest BCUT2D eigenvalue weighted by atomic mass is 127. The Labute approximate surface area is 197 Å². The second kappa shape index (κ2) is 12.5. The van der Waals surface area contributed by atoms with Crippen LogP contribution in [0.25, 0.3) is 0 Å². The van der Waals surface area contributed by atoms with Crippen molar-refractivity contribution < 1.29 is 4.79 Å². The van der Waals surface area contributed by atoms with Gasteiger partial charge in [0.15, 0.2) is 5.96 Å². The van der Waals surface area contributed by atoms with Gasteiger partial charge in [-0.2, -0.15) is 5.10 Å². The lowest BCUT2D eigenvalue weighted by Gasteiger charge is -2.24. The van der Waals surface area contributed by atoms with E-state index in [9.17, 15) is 4.79 Å². The number of carbonyl (C=O) groups is 1. The van der Waals surface area contributed by atoms with Crippen LogP contribution in [0.15, 0.2) is 17.3 Å². The van der Waals surface area contributed by atoms with Crippen LogP contribution < -0.4 is 10.6 Å². The quantitative estimate of drug-likeness (QED) is 0.306. The number of amides is 1. The normalized spacial score (nSPS) is 20.2. The van der Waals surface area contributed by atoms with Crippen LogP contribution in [0.2, 0.25) is 0 Å². The summed E-state index contributed by atoms with van der Waals surface area (Å²) in [5, 5.41) is 11.3. The van der Waals surface area contributed by atoms with Crippen molar-refractivity contribution in [2.24, 2.45) is 4.99 Å². The topological polar surface area (TPSA) is 77.8 Å². The van der Waals surface area contributed by atoms with Crippen molar-refractivity contribution in [1.82, 2.24) is 30.2 Å². The van der Waals surface area contributed by atoms with Crippen molar-refractivity contribution in [2.45, 2.75) is 64.1 Å². The zero-order chi connectivity index (χ0) is 20.6. The van der Waals surface area contributed by atoms with Crippen molar-refractivity contribution in [2.75, 3.05) is 40.3 Å². The van der Waals surface area contributed by atoms with Crippen molar-refractivity contribution in [3.63, 3.8) is 0 Å². The number of likely N-dealkylation sites (tertiary alicyclic amines) is 1. The number of guanidine groups is 1. The SMILES string of the molecule is CCN1CCCC1CNC(=NCc1ccn(C2CCCC2)n1)NCC(=O)N(C)C.I. The number of halogens is 1. The van der Waals surface area contributed by atoms with Crippen LogP contribution in [-0.4, -0.2) is 77.8 Å². The molecule has 2 fully saturated rings. The first-order valence-electron chi connectivity index (χ1n) is 11.1. The summed E-state index contributed by atoms with van der Waals surface area (Å²) in [6.07, 6.45) is 9.57. The molecule has 1 unspecified atom stereocenters. The maximum absolute atomic E-state index is 12.0. The molecule has 1 atom stereocenters. The highest BCUT2D eigenvalue weighted by Crippen LogP contribution is 2.28. The summed E-state index contributed by atoms with van der Waals surface area (Å²) >= 11 is 0. The molecule has 30 heavy (non-hydrogen) atoms. The fourth-order valence-corrected chi connectivity index (χ4v) is 4.24. The number of hydrogen-bond acceptors (Lipinski definition) is 4. The van der Waals surface area contributed by atoms with Crippen molar-refractivity contribution in [1.29, 1.82) is 0 Å². The third-order valence-corrected chi connectivity index (χ3v) is 6.08. The highest BCUT2D eigenvalue weighted by molar-refractivity contribution is 14.0. The molecule has 0 radical (unpaired) electrons. The highest BCUT2D eigenvalue weighted by Gasteiger charge is 2.23. The molecule has 1 saturated carbocycles. The molecule has 2 aliphatic rings. The van der Waals surface area contributed by atoms with E-state index in [-0.39, 0.29) is 36.4 Å². The number of aliphatic imine (C=N–C) groups is 1. The lowest BCUT2D eigenvalue weighted by atomic mass is 10.2. The van der Waals surface area contributed by atoms with Gasteiger partial charge >= 0.3 is 0 Å². The molecule has 0 spiro atoms. The average molecular weight is 531 g/mol. The molecule has 1 aromatic heterocycles. The Morgan fingerprint density at radius 1 is 1.23 bits per heavy atom. The lowest BCUT2D eigenvalue weighted by molar-refractivity contribution is -0.127. The number of aromatic nitrogens is 2. The Balaban J connectivity index is 0.00000320. The van der Waals surface area contributed by atoms with E-state index in [2.05, 4.69) is 39.4 Å². The van der Waals surface area contributed by atoms with Gasteiger partial charge < -0.3 is 15.5 Å². The van der Waals surface area contributed by atoms with Crippen LogP contribution in [0.5, 0.6) is 0 Å². The van der Waals surface area contributed by atoms with E-state index in [1.165, 1.54) is 45.1 Å². The summed E-state index contributed by atoms with van der Waals surface area (Å²) in [6.45, 7) is 6.03. The molecular weight excluding hydrogens is 493 g/mol. The van der Waals surface area contributed by atoms with Crippen LogP contribution in [-0.2, 0) is 11.3 Å². The van der Waals surface area contributed by atoms with Gasteiger partial charge in [-0.25, -0.2) is 4.99 Å². The minimum Gasteiger partial charge on any atom is -0.355 e. The molecule has 2 N–H and O–H groups in total. The molecule has 0 bridgehead atoms. The number of nitrogens with one attached hydrogen (secondary N) is 2. The van der Waals surface area contributed by atoms with E-state index in [4.69, 9.17) is 10.1 Å². The van der Waals surface area contributed by atoms with E-state index >= 15 is 0 Å². The van der Waals surface area contributed by atoms with Gasteiger partial charge in [0, 0.05) is 32.9 Å². The molecule has 1 saturated heterocycles. The Bertz CT molecular complexity index is 685. The molecule has 3 rings (SSSR count). The molecule has 1 aliphatic carbocycles. The zero-order valence-corrected chi connectivity index (χ0v) is 21.0. The molecule has 1 aliphatic heterocycles. The van der Waals surface area contributed by atoms with Gasteiger partial charge in [0.1, 0.15) is 0 Å². The summed E-state index contributed by atoms with van der Waals surface area (Å²) in [5.74, 6) is 0.708. The molecule has 2 heterocycles. The van der Waals surface area contributed by atoms with E-state index in [0.717, 1.165) is 18.8 Å². The smallest absolute Gasteiger partial charge is 0.241 e. The fourth-order valence-electron chi connectivity index (χ4n) is 4.24. The summed E-state index contributed by atoms with van der Waals surface area (Å²) in [7, 11) is 3.53. The maximum atomic E-state index is 12.0. The molecule has 0 aromatic carbocycles. The number of carbonyl (C=O) groups excluding carboxylic acids is 1. The second-order valence-electron chi connectivity index (χ2n) is 8.34. The summed E-state index contributed by atoms with van der Waals surface area (Å²) in [6, 6.07) is 3.13. The average Bonchev–Trinajstić information content (AvgIpc) is 3.47. The first-order valence-corrected chi connectivity index (χ1v) is 11.1. The number of hydrogen-bond donors (Lipinski definition) is 2. The summed E-state index contributed by atoms with van der Waals surface area (Å²) in [5.41, 5.74) is 0.966. The molecule has 8 nitrogen and oxygen atoms in total. The van der Waals surface area contributed by atoms with Gasteiger partial charge in [0.05, 0.1) is 24.8 Å². The van der Waals surface area contributed by atoms with Crippen LogP contribution in [0.4, 0.5) is 0 Å². The van der Waals surface area contributed by atoms with E-state index in [1.54, 1.807) is 19.0 Å². The fraction of sp³-hybridized carbons (Fsp3) is 0.762. The van der Waals surface area contributed by atoms with Crippen LogP contribution >= 0.6 is 24.0 Å². The first-order chi connectivity index (χ1) is 14.1. The number of nitrogens with zero attached hydrogens (tertiary/aromatic N) is 5. The summed E-state index contributed by atoms with van der Waals surface area (Å²) in [4.78, 5) is 20.8. The summed E-state index contributed by atoms with van der Waals surface area (Å²) < 4.78 is 2.10. The van der Waals surface area contributed by atoms with E-state index in [1.807, 2.05) is 0 Å². The van der Waals surface area contributed by atoms with Gasteiger partial charge in [-0.1, -0.05) is 19.8 Å². The van der Waals surface area contributed by atoms with Gasteiger partial charge in [-0.3, -0.25) is 14.4 Å². The maximum Gasteiger partial charge on any atom is 0.241 e. The number of rotatable bonds is 8. The van der Waals surface area contributed by atoms with Crippen molar-refractivity contribution >= 4 is 35.8 Å². The molecule has 170 valence electrons. The third kappa shape index (κ3) is 7.11. The van der Waals surface area contributed by atoms with E-state index in [0.29, 0.717) is 24.6 Å². The Hall–Kier alpha value is -1.36. The zero-order valence-electron chi connectivity index (χ0n) is 18.6.